The maximum absolute atomic E-state index is 12.7. The van der Waals surface area contributed by atoms with E-state index in [2.05, 4.69) is 27.3 Å². The number of carbonyl (C=O) groups excluding carboxylic acids is 1. The average Bonchev–Trinajstić information content (AvgIpc) is 3.26. The van der Waals surface area contributed by atoms with Crippen molar-refractivity contribution in [3.05, 3.63) is 75.3 Å². The lowest BCUT2D eigenvalue weighted by atomic mass is 10.2. The third-order valence-electron chi connectivity index (χ3n) is 4.90. The number of nitrogens with one attached hydrogen (secondary N) is 1. The Morgan fingerprint density at radius 1 is 1.28 bits per heavy atom. The first-order chi connectivity index (χ1) is 13.9. The van der Waals surface area contributed by atoms with Crippen LogP contribution in [0.1, 0.15) is 28.1 Å². The van der Waals surface area contributed by atoms with Crippen LogP contribution in [0.3, 0.4) is 0 Å². The number of rotatable bonds is 7. The van der Waals surface area contributed by atoms with Crippen LogP contribution >= 0.6 is 15.9 Å². The van der Waals surface area contributed by atoms with Gasteiger partial charge in [0.2, 0.25) is 5.91 Å². The summed E-state index contributed by atoms with van der Waals surface area (Å²) in [5.74, 6) is 1.10. The maximum atomic E-state index is 12.7. The number of aromatic nitrogens is 1. The summed E-state index contributed by atoms with van der Waals surface area (Å²) >= 11 is 3.54. The Morgan fingerprint density at radius 3 is 2.69 bits per heavy atom. The maximum Gasteiger partial charge on any atom is 0.239 e. The molecule has 0 aliphatic rings. The summed E-state index contributed by atoms with van der Waals surface area (Å²) in [5.41, 5.74) is 3.37. The van der Waals surface area contributed by atoms with E-state index < -0.39 is 0 Å². The summed E-state index contributed by atoms with van der Waals surface area (Å²) in [5, 5.41) is 12.6. The van der Waals surface area contributed by atoms with Gasteiger partial charge in [-0.15, -0.1) is 0 Å². The smallest absolute Gasteiger partial charge is 0.239 e. The van der Waals surface area contributed by atoms with Gasteiger partial charge in [-0.25, -0.2) is 0 Å². The van der Waals surface area contributed by atoms with Crippen LogP contribution in [-0.2, 0) is 17.9 Å². The average molecular weight is 455 g/mol. The molecule has 1 aromatic carbocycles. The zero-order chi connectivity index (χ0) is 21.0. The Bertz CT molecular complexity index is 1050. The van der Waals surface area contributed by atoms with Crippen molar-refractivity contribution < 1.29 is 9.21 Å². The number of hydrogen-bond acceptors (Lipinski definition) is 4. The zero-order valence-corrected chi connectivity index (χ0v) is 18.3. The molecule has 0 radical (unpaired) electrons. The lowest BCUT2D eigenvalue weighted by Gasteiger charge is -2.18. The molecular formula is C22H23BrN4O2. The molecule has 0 fully saturated rings. The first-order valence-corrected chi connectivity index (χ1v) is 10.0. The molecule has 7 heteroatoms. The largest absolute Gasteiger partial charge is 0.467 e. The highest BCUT2D eigenvalue weighted by Crippen LogP contribution is 2.27. The molecule has 2 aromatic heterocycles. The number of nitrogens with zero attached hydrogens (tertiary/aromatic N) is 3. The summed E-state index contributed by atoms with van der Waals surface area (Å²) in [6, 6.07) is 13.9. The number of carbonyl (C=O) groups is 1. The van der Waals surface area contributed by atoms with Gasteiger partial charge in [-0.05, 0) is 50.2 Å². The Morgan fingerprint density at radius 2 is 2.03 bits per heavy atom. The molecular weight excluding hydrogens is 432 g/mol. The monoisotopic (exact) mass is 454 g/mol. The molecule has 0 saturated heterocycles. The van der Waals surface area contributed by atoms with E-state index >= 15 is 0 Å². The normalized spacial score (nSPS) is 10.9. The number of benzene rings is 1. The summed E-state index contributed by atoms with van der Waals surface area (Å²) in [6.07, 6.45) is 1.61. The highest BCUT2D eigenvalue weighted by molar-refractivity contribution is 9.10. The Kier molecular flexibility index (Phi) is 6.57. The van der Waals surface area contributed by atoms with Crippen LogP contribution in [0.25, 0.3) is 0 Å². The van der Waals surface area contributed by atoms with E-state index in [4.69, 9.17) is 4.42 Å². The number of amides is 1. The number of anilines is 1. The van der Waals surface area contributed by atoms with Crippen LogP contribution in [0.2, 0.25) is 0 Å². The molecule has 3 aromatic rings. The van der Waals surface area contributed by atoms with Gasteiger partial charge in [0.1, 0.15) is 17.6 Å². The van der Waals surface area contributed by atoms with Crippen molar-refractivity contribution >= 4 is 27.7 Å². The van der Waals surface area contributed by atoms with E-state index in [0.717, 1.165) is 27.1 Å². The molecule has 150 valence electrons. The molecule has 0 bridgehead atoms. The SMILES string of the molecule is Cc1c(C#N)c(NC(=O)CN(C)Cc2ccccc2Br)n(Cc2ccco2)c1C. The van der Waals surface area contributed by atoms with Gasteiger partial charge in [0.25, 0.3) is 0 Å². The van der Waals surface area contributed by atoms with Crippen molar-refractivity contribution in [2.45, 2.75) is 26.9 Å². The van der Waals surface area contributed by atoms with Crippen molar-refractivity contribution in [3.8, 4) is 6.07 Å². The fourth-order valence-electron chi connectivity index (χ4n) is 3.28. The lowest BCUT2D eigenvalue weighted by molar-refractivity contribution is -0.117. The molecule has 29 heavy (non-hydrogen) atoms. The predicted molar refractivity (Wildman–Crippen MR) is 116 cm³/mol. The van der Waals surface area contributed by atoms with Crippen LogP contribution in [0.4, 0.5) is 5.82 Å². The van der Waals surface area contributed by atoms with E-state index in [1.165, 1.54) is 0 Å². The lowest BCUT2D eigenvalue weighted by Crippen LogP contribution is -2.31. The van der Waals surface area contributed by atoms with E-state index in [1.807, 2.05) is 66.8 Å². The van der Waals surface area contributed by atoms with Gasteiger partial charge in [-0.3, -0.25) is 9.69 Å². The molecule has 0 atom stereocenters. The van der Waals surface area contributed by atoms with Crippen LogP contribution in [0, 0.1) is 25.2 Å². The minimum atomic E-state index is -0.172. The fraction of sp³-hybridized carbons (Fsp3) is 0.273. The number of hydrogen-bond donors (Lipinski definition) is 1. The summed E-state index contributed by atoms with van der Waals surface area (Å²) in [7, 11) is 1.89. The van der Waals surface area contributed by atoms with Gasteiger partial charge >= 0.3 is 0 Å². The second-order valence-corrected chi connectivity index (χ2v) is 7.88. The minimum Gasteiger partial charge on any atom is -0.467 e. The van der Waals surface area contributed by atoms with Gasteiger partial charge in [0.05, 0.1) is 24.9 Å². The number of nitriles is 1. The molecule has 0 spiro atoms. The van der Waals surface area contributed by atoms with Crippen molar-refractivity contribution in [1.29, 1.82) is 5.26 Å². The molecule has 1 amide bonds. The van der Waals surface area contributed by atoms with Crippen LogP contribution in [0.15, 0.2) is 51.6 Å². The molecule has 6 nitrogen and oxygen atoms in total. The van der Waals surface area contributed by atoms with E-state index in [9.17, 15) is 10.1 Å². The fourth-order valence-corrected chi connectivity index (χ4v) is 3.69. The molecule has 0 saturated carbocycles. The van der Waals surface area contributed by atoms with E-state index in [1.54, 1.807) is 6.26 Å². The summed E-state index contributed by atoms with van der Waals surface area (Å²) in [4.78, 5) is 14.7. The number of likely N-dealkylation sites (N-methyl/N-ethyl adjacent to an activating group) is 1. The number of furan rings is 1. The van der Waals surface area contributed by atoms with Crippen LogP contribution in [-0.4, -0.2) is 29.0 Å². The van der Waals surface area contributed by atoms with Crippen molar-refractivity contribution in [1.82, 2.24) is 9.47 Å². The first kappa shape index (κ1) is 20.9. The van der Waals surface area contributed by atoms with Gasteiger partial charge < -0.3 is 14.3 Å². The molecule has 3 rings (SSSR count). The molecule has 0 unspecified atom stereocenters. The molecule has 2 heterocycles. The highest BCUT2D eigenvalue weighted by Gasteiger charge is 2.21. The van der Waals surface area contributed by atoms with E-state index in [0.29, 0.717) is 24.5 Å². The highest BCUT2D eigenvalue weighted by atomic mass is 79.9. The third kappa shape index (κ3) is 4.78. The van der Waals surface area contributed by atoms with E-state index in [-0.39, 0.29) is 12.5 Å². The second kappa shape index (κ2) is 9.12. The van der Waals surface area contributed by atoms with Gasteiger partial charge in [-0.2, -0.15) is 5.26 Å². The Hall–Kier alpha value is -2.82. The molecule has 1 N–H and O–H groups in total. The van der Waals surface area contributed by atoms with Crippen molar-refractivity contribution in [3.63, 3.8) is 0 Å². The van der Waals surface area contributed by atoms with Crippen molar-refractivity contribution in [2.24, 2.45) is 0 Å². The van der Waals surface area contributed by atoms with Gasteiger partial charge in [0.15, 0.2) is 0 Å². The van der Waals surface area contributed by atoms with Crippen LogP contribution < -0.4 is 5.32 Å². The molecule has 0 aliphatic heterocycles. The first-order valence-electron chi connectivity index (χ1n) is 9.24. The zero-order valence-electron chi connectivity index (χ0n) is 16.7. The van der Waals surface area contributed by atoms with Crippen LogP contribution in [0.5, 0.6) is 0 Å². The second-order valence-electron chi connectivity index (χ2n) is 7.02. The topological polar surface area (TPSA) is 74.2 Å². The van der Waals surface area contributed by atoms with Gasteiger partial charge in [-0.1, -0.05) is 34.1 Å². The Labute approximate surface area is 178 Å². The standard InChI is InChI=1S/C22H23BrN4O2/c1-15-16(2)27(13-18-8-6-10-29-18)22(19(15)11-24)25-21(28)14-26(3)12-17-7-4-5-9-20(17)23/h4-10H,12-14H2,1-3H3,(H,25,28). The summed E-state index contributed by atoms with van der Waals surface area (Å²) < 4.78 is 8.37. The third-order valence-corrected chi connectivity index (χ3v) is 5.68. The summed E-state index contributed by atoms with van der Waals surface area (Å²) in [6.45, 7) is 5.11. The van der Waals surface area contributed by atoms with Crippen molar-refractivity contribution in [2.75, 3.05) is 18.9 Å². The molecule has 0 aliphatic carbocycles. The van der Waals surface area contributed by atoms with Gasteiger partial charge in [0, 0.05) is 16.7 Å². The quantitative estimate of drug-likeness (QED) is 0.571. The Balaban J connectivity index is 1.76. The minimum absolute atomic E-state index is 0.172. The predicted octanol–water partition coefficient (Wildman–Crippen LogP) is 4.45. The number of halogens is 1.